The van der Waals surface area contributed by atoms with E-state index < -0.39 is 0 Å². The van der Waals surface area contributed by atoms with E-state index in [0.29, 0.717) is 35.2 Å². The first-order chi connectivity index (χ1) is 11.1. The summed E-state index contributed by atoms with van der Waals surface area (Å²) in [6, 6.07) is 11.9. The Kier molecular flexibility index (Phi) is 4.31. The van der Waals surface area contributed by atoms with Crippen LogP contribution in [0.2, 0.25) is 5.02 Å². The number of hydrogen-bond acceptors (Lipinski definition) is 4. The lowest BCUT2D eigenvalue weighted by atomic mass is 10.2. The molecular formula is C16H13ClN4O2. The molecule has 1 aromatic heterocycles. The highest BCUT2D eigenvalue weighted by Crippen LogP contribution is 2.19. The maximum atomic E-state index is 12.0. The fourth-order valence-electron chi connectivity index (χ4n) is 2.13. The van der Waals surface area contributed by atoms with Crippen molar-refractivity contribution in [2.45, 2.75) is 6.10 Å². The summed E-state index contributed by atoms with van der Waals surface area (Å²) < 4.78 is 5.64. The summed E-state index contributed by atoms with van der Waals surface area (Å²) in [6.07, 6.45) is 1.41. The molecule has 0 aliphatic carbocycles. The third kappa shape index (κ3) is 3.71. The number of nitrogens with zero attached hydrogens (tertiary/aromatic N) is 3. The fourth-order valence-corrected chi connectivity index (χ4v) is 2.25. The third-order valence-electron chi connectivity index (χ3n) is 3.38. The summed E-state index contributed by atoms with van der Waals surface area (Å²) in [6.45, 7) is 0.940. The molecule has 7 heteroatoms. The zero-order valence-electron chi connectivity index (χ0n) is 12.1. The predicted molar refractivity (Wildman–Crippen MR) is 85.4 cm³/mol. The molecule has 0 radical (unpaired) electrons. The van der Waals surface area contributed by atoms with Gasteiger partial charge in [-0.25, -0.2) is 9.78 Å². The largest absolute Gasteiger partial charge is 0.471 e. The second kappa shape index (κ2) is 6.55. The van der Waals surface area contributed by atoms with Gasteiger partial charge in [0.25, 0.3) is 0 Å². The predicted octanol–water partition coefficient (Wildman–Crippen LogP) is 2.90. The molecule has 1 aliphatic rings. The van der Waals surface area contributed by atoms with Crippen LogP contribution in [-0.2, 0) is 0 Å². The summed E-state index contributed by atoms with van der Waals surface area (Å²) in [7, 11) is 0. The van der Waals surface area contributed by atoms with Gasteiger partial charge in [0.2, 0.25) is 5.88 Å². The van der Waals surface area contributed by atoms with Crippen molar-refractivity contribution < 1.29 is 9.53 Å². The van der Waals surface area contributed by atoms with Crippen molar-refractivity contribution in [2.75, 3.05) is 18.4 Å². The summed E-state index contributed by atoms with van der Waals surface area (Å²) in [4.78, 5) is 17.7. The Balaban J connectivity index is 1.49. The minimum absolute atomic E-state index is 0.118. The van der Waals surface area contributed by atoms with E-state index in [1.54, 1.807) is 41.3 Å². The molecule has 0 saturated carbocycles. The molecule has 0 bridgehead atoms. The van der Waals surface area contributed by atoms with E-state index in [-0.39, 0.29) is 12.1 Å². The van der Waals surface area contributed by atoms with Crippen molar-refractivity contribution in [3.63, 3.8) is 0 Å². The molecular weight excluding hydrogens is 316 g/mol. The molecule has 1 aliphatic heterocycles. The van der Waals surface area contributed by atoms with Gasteiger partial charge in [-0.1, -0.05) is 11.6 Å². The molecule has 6 nitrogen and oxygen atoms in total. The number of carbonyl (C=O) groups is 1. The molecule has 1 saturated heterocycles. The van der Waals surface area contributed by atoms with E-state index in [2.05, 4.69) is 10.3 Å². The van der Waals surface area contributed by atoms with Crippen LogP contribution in [0.25, 0.3) is 0 Å². The van der Waals surface area contributed by atoms with Gasteiger partial charge in [-0.15, -0.1) is 0 Å². The number of anilines is 1. The second-order valence-electron chi connectivity index (χ2n) is 5.08. The molecule has 2 amide bonds. The van der Waals surface area contributed by atoms with Crippen LogP contribution in [0.5, 0.6) is 5.88 Å². The molecule has 1 aromatic carbocycles. The van der Waals surface area contributed by atoms with Gasteiger partial charge in [0.15, 0.2) is 0 Å². The van der Waals surface area contributed by atoms with Crippen molar-refractivity contribution in [3.8, 4) is 11.9 Å². The number of pyridine rings is 1. The van der Waals surface area contributed by atoms with Crippen LogP contribution >= 0.6 is 11.6 Å². The van der Waals surface area contributed by atoms with Crippen molar-refractivity contribution in [3.05, 3.63) is 53.2 Å². The molecule has 1 N–H and O–H groups in total. The van der Waals surface area contributed by atoms with Crippen LogP contribution in [-0.4, -0.2) is 35.1 Å². The minimum atomic E-state index is -0.189. The molecule has 116 valence electrons. The number of halogens is 1. The average molecular weight is 329 g/mol. The van der Waals surface area contributed by atoms with Crippen molar-refractivity contribution >= 4 is 23.3 Å². The Morgan fingerprint density at radius 3 is 2.78 bits per heavy atom. The first-order valence-electron chi connectivity index (χ1n) is 6.98. The summed E-state index contributed by atoms with van der Waals surface area (Å²) in [5.74, 6) is 0.395. The number of nitrogens with one attached hydrogen (secondary N) is 1. The van der Waals surface area contributed by atoms with Crippen molar-refractivity contribution in [1.29, 1.82) is 5.26 Å². The zero-order valence-corrected chi connectivity index (χ0v) is 12.8. The number of amides is 2. The Bertz CT molecular complexity index is 751. The molecule has 2 aromatic rings. The Hall–Kier alpha value is -2.78. The van der Waals surface area contributed by atoms with Gasteiger partial charge in [-0.2, -0.15) is 5.26 Å². The minimum Gasteiger partial charge on any atom is -0.471 e. The molecule has 0 unspecified atom stereocenters. The highest BCUT2D eigenvalue weighted by molar-refractivity contribution is 6.30. The maximum Gasteiger partial charge on any atom is 0.322 e. The molecule has 3 rings (SSSR count). The molecule has 23 heavy (non-hydrogen) atoms. The fraction of sp³-hybridized carbons (Fsp3) is 0.188. The standard InChI is InChI=1S/C16H13ClN4O2/c17-12-1-3-13(4-2-12)20-16(22)21-9-14(10-21)23-15-7-11(8-18)5-6-19-15/h1-7,14H,9-10H2,(H,20,22). The second-order valence-corrected chi connectivity index (χ2v) is 5.51. The number of likely N-dealkylation sites (tertiary alicyclic amines) is 1. The normalized spacial score (nSPS) is 13.8. The van der Waals surface area contributed by atoms with Gasteiger partial charge in [0, 0.05) is 23.0 Å². The van der Waals surface area contributed by atoms with E-state index in [4.69, 9.17) is 21.6 Å². The number of ether oxygens (including phenoxy) is 1. The number of hydrogen-bond donors (Lipinski definition) is 1. The van der Waals surface area contributed by atoms with Crippen molar-refractivity contribution in [1.82, 2.24) is 9.88 Å². The van der Waals surface area contributed by atoms with Crippen LogP contribution in [0.4, 0.5) is 10.5 Å². The van der Waals surface area contributed by atoms with Crippen LogP contribution in [0.1, 0.15) is 5.56 Å². The zero-order chi connectivity index (χ0) is 16.2. The number of carbonyl (C=O) groups excluding carboxylic acids is 1. The Labute approximate surface area is 138 Å². The highest BCUT2D eigenvalue weighted by atomic mass is 35.5. The monoisotopic (exact) mass is 328 g/mol. The molecule has 0 spiro atoms. The summed E-state index contributed by atoms with van der Waals surface area (Å²) in [5, 5.41) is 12.2. The maximum absolute atomic E-state index is 12.0. The Morgan fingerprint density at radius 1 is 1.35 bits per heavy atom. The lowest BCUT2D eigenvalue weighted by Crippen LogP contribution is -2.57. The molecule has 1 fully saturated rings. The van der Waals surface area contributed by atoms with E-state index in [1.165, 1.54) is 6.20 Å². The summed E-state index contributed by atoms with van der Waals surface area (Å²) >= 11 is 5.80. The number of rotatable bonds is 3. The first-order valence-corrected chi connectivity index (χ1v) is 7.36. The van der Waals surface area contributed by atoms with Crippen LogP contribution in [0.3, 0.4) is 0 Å². The van der Waals surface area contributed by atoms with Crippen LogP contribution < -0.4 is 10.1 Å². The van der Waals surface area contributed by atoms with E-state index in [9.17, 15) is 4.79 Å². The van der Waals surface area contributed by atoms with E-state index in [1.807, 2.05) is 6.07 Å². The quantitative estimate of drug-likeness (QED) is 0.939. The summed E-state index contributed by atoms with van der Waals surface area (Å²) in [5.41, 5.74) is 1.18. The van der Waals surface area contributed by atoms with Gasteiger partial charge in [0.05, 0.1) is 24.7 Å². The number of benzene rings is 1. The van der Waals surface area contributed by atoms with Gasteiger partial charge in [0.1, 0.15) is 6.10 Å². The average Bonchev–Trinajstić information content (AvgIpc) is 2.52. The van der Waals surface area contributed by atoms with Gasteiger partial charge >= 0.3 is 6.03 Å². The topological polar surface area (TPSA) is 78.2 Å². The van der Waals surface area contributed by atoms with Crippen LogP contribution in [0, 0.1) is 11.3 Å². The molecule has 2 heterocycles. The van der Waals surface area contributed by atoms with Gasteiger partial charge in [-0.05, 0) is 30.3 Å². The van der Waals surface area contributed by atoms with Gasteiger partial charge < -0.3 is 15.0 Å². The lowest BCUT2D eigenvalue weighted by Gasteiger charge is -2.38. The smallest absolute Gasteiger partial charge is 0.322 e. The Morgan fingerprint density at radius 2 is 2.09 bits per heavy atom. The van der Waals surface area contributed by atoms with Crippen molar-refractivity contribution in [2.24, 2.45) is 0 Å². The van der Waals surface area contributed by atoms with Gasteiger partial charge in [-0.3, -0.25) is 0 Å². The molecule has 0 atom stereocenters. The third-order valence-corrected chi connectivity index (χ3v) is 3.63. The lowest BCUT2D eigenvalue weighted by molar-refractivity contribution is 0.0461. The van der Waals surface area contributed by atoms with Crippen LogP contribution in [0.15, 0.2) is 42.6 Å². The van der Waals surface area contributed by atoms with E-state index >= 15 is 0 Å². The number of nitriles is 1. The highest BCUT2D eigenvalue weighted by Gasteiger charge is 2.32. The van der Waals surface area contributed by atoms with E-state index in [0.717, 1.165) is 0 Å². The number of aromatic nitrogens is 1. The SMILES string of the molecule is N#Cc1ccnc(OC2CN(C(=O)Nc3ccc(Cl)cc3)C2)c1. The first kappa shape index (κ1) is 15.1. The number of urea groups is 1.